The Morgan fingerprint density at radius 2 is 1.58 bits per heavy atom. The molecule has 0 aliphatic carbocycles. The van der Waals surface area contributed by atoms with E-state index in [4.69, 9.17) is 5.11 Å². The SMILES string of the molecule is C=C(F)F.C=CC(=O)OCCOC(=O)CCC(=O)O. The Morgan fingerprint density at radius 1 is 1.11 bits per heavy atom. The molecule has 0 radical (unpaired) electrons. The van der Waals surface area contributed by atoms with E-state index < -0.39 is 24.0 Å². The minimum Gasteiger partial charge on any atom is -0.481 e. The van der Waals surface area contributed by atoms with E-state index in [2.05, 4.69) is 22.6 Å². The second-order valence-electron chi connectivity index (χ2n) is 2.82. The van der Waals surface area contributed by atoms with Crippen LogP contribution in [-0.2, 0) is 23.9 Å². The lowest BCUT2D eigenvalue weighted by Crippen LogP contribution is -2.13. The van der Waals surface area contributed by atoms with Gasteiger partial charge in [-0.15, -0.1) is 0 Å². The van der Waals surface area contributed by atoms with Gasteiger partial charge in [0.25, 0.3) is 6.08 Å². The van der Waals surface area contributed by atoms with Crippen LogP contribution >= 0.6 is 0 Å². The maximum Gasteiger partial charge on any atom is 0.330 e. The molecule has 108 valence electrons. The molecule has 0 heterocycles. The van der Waals surface area contributed by atoms with Gasteiger partial charge >= 0.3 is 17.9 Å². The predicted octanol–water partition coefficient (Wildman–Crippen LogP) is 1.52. The Bertz CT molecular complexity index is 336. The molecule has 0 aromatic heterocycles. The number of carboxylic acid groups (broad SMARTS) is 1. The molecule has 0 spiro atoms. The molecule has 19 heavy (non-hydrogen) atoms. The fourth-order valence-corrected chi connectivity index (χ4v) is 0.638. The predicted molar refractivity (Wildman–Crippen MR) is 60.3 cm³/mol. The Kier molecular flexibility index (Phi) is 12.3. The third-order valence-electron chi connectivity index (χ3n) is 1.30. The van der Waals surface area contributed by atoms with Crippen LogP contribution < -0.4 is 0 Å². The maximum absolute atomic E-state index is 10.8. The zero-order valence-corrected chi connectivity index (χ0v) is 10.1. The maximum atomic E-state index is 10.8. The monoisotopic (exact) mass is 280 g/mol. The zero-order chi connectivity index (χ0) is 15.3. The van der Waals surface area contributed by atoms with Gasteiger partial charge in [-0.3, -0.25) is 9.59 Å². The van der Waals surface area contributed by atoms with E-state index in [0.717, 1.165) is 6.08 Å². The van der Waals surface area contributed by atoms with Crippen molar-refractivity contribution in [2.75, 3.05) is 13.2 Å². The standard InChI is InChI=1S/C9H12O6.C2H2F2/c1-2-8(12)14-5-6-15-9(13)4-3-7(10)11;1-2(3)4/h2H,1,3-6H2,(H,10,11);1H2. The Balaban J connectivity index is 0. The Morgan fingerprint density at radius 3 is 2.00 bits per heavy atom. The summed E-state index contributed by atoms with van der Waals surface area (Å²) < 4.78 is 29.4. The normalized spacial score (nSPS) is 8.53. The summed E-state index contributed by atoms with van der Waals surface area (Å²) in [6.07, 6.45) is -1.30. The second kappa shape index (κ2) is 12.2. The summed E-state index contributed by atoms with van der Waals surface area (Å²) in [6.45, 7) is 5.25. The molecule has 6 nitrogen and oxygen atoms in total. The number of esters is 2. The van der Waals surface area contributed by atoms with Crippen LogP contribution in [0.3, 0.4) is 0 Å². The number of carbonyl (C=O) groups excluding carboxylic acids is 2. The average molecular weight is 280 g/mol. The number of halogens is 2. The zero-order valence-electron chi connectivity index (χ0n) is 10.1. The molecule has 0 unspecified atom stereocenters. The van der Waals surface area contributed by atoms with E-state index in [0.29, 0.717) is 0 Å². The van der Waals surface area contributed by atoms with Gasteiger partial charge in [0.05, 0.1) is 12.8 Å². The quantitative estimate of drug-likeness (QED) is 0.432. The van der Waals surface area contributed by atoms with Gasteiger partial charge in [0, 0.05) is 6.08 Å². The van der Waals surface area contributed by atoms with Gasteiger partial charge in [-0.2, -0.15) is 8.78 Å². The summed E-state index contributed by atoms with van der Waals surface area (Å²) in [4.78, 5) is 31.4. The highest BCUT2D eigenvalue weighted by Crippen LogP contribution is 1.93. The Labute approximate surface area is 108 Å². The van der Waals surface area contributed by atoms with Crippen molar-refractivity contribution >= 4 is 17.9 Å². The smallest absolute Gasteiger partial charge is 0.330 e. The summed E-state index contributed by atoms with van der Waals surface area (Å²) in [7, 11) is 0. The van der Waals surface area contributed by atoms with Crippen molar-refractivity contribution in [2.45, 2.75) is 12.8 Å². The van der Waals surface area contributed by atoms with Crippen LogP contribution in [0.15, 0.2) is 25.3 Å². The first-order valence-electron chi connectivity index (χ1n) is 4.96. The summed E-state index contributed by atoms with van der Waals surface area (Å²) >= 11 is 0. The van der Waals surface area contributed by atoms with Crippen LogP contribution in [0.4, 0.5) is 8.78 Å². The van der Waals surface area contributed by atoms with Crippen molar-refractivity contribution in [3.63, 3.8) is 0 Å². The molecule has 0 atom stereocenters. The summed E-state index contributed by atoms with van der Waals surface area (Å²) in [5, 5.41) is 8.25. The first-order valence-corrected chi connectivity index (χ1v) is 4.96. The second-order valence-corrected chi connectivity index (χ2v) is 2.82. The number of carboxylic acids is 1. The molecule has 0 aromatic rings. The van der Waals surface area contributed by atoms with Crippen LogP contribution in [0.5, 0.6) is 0 Å². The highest BCUT2D eigenvalue weighted by atomic mass is 19.3. The molecule has 1 N–H and O–H groups in total. The number of hydrogen-bond donors (Lipinski definition) is 1. The number of carbonyl (C=O) groups is 3. The van der Waals surface area contributed by atoms with Crippen LogP contribution in [0.1, 0.15) is 12.8 Å². The number of ether oxygens (including phenoxy) is 2. The first kappa shape index (κ1) is 19.1. The van der Waals surface area contributed by atoms with E-state index >= 15 is 0 Å². The highest BCUT2D eigenvalue weighted by molar-refractivity contribution is 5.81. The topological polar surface area (TPSA) is 89.9 Å². The third kappa shape index (κ3) is 21.6. The average Bonchev–Trinajstić information content (AvgIpc) is 2.31. The number of rotatable bonds is 7. The summed E-state index contributed by atoms with van der Waals surface area (Å²) in [6, 6.07) is 0. The minimum atomic E-state index is -1.83. The number of aliphatic carboxylic acids is 1. The molecule has 0 saturated heterocycles. The van der Waals surface area contributed by atoms with E-state index in [9.17, 15) is 23.2 Å². The molecular weight excluding hydrogens is 266 g/mol. The fourth-order valence-electron chi connectivity index (χ4n) is 0.638. The third-order valence-corrected chi connectivity index (χ3v) is 1.30. The molecule has 0 amide bonds. The van der Waals surface area contributed by atoms with Gasteiger partial charge < -0.3 is 14.6 Å². The van der Waals surface area contributed by atoms with Gasteiger partial charge in [-0.1, -0.05) is 6.58 Å². The summed E-state index contributed by atoms with van der Waals surface area (Å²) in [5.41, 5.74) is 0. The summed E-state index contributed by atoms with van der Waals surface area (Å²) in [5.74, 6) is -2.30. The molecule has 0 aliphatic rings. The molecule has 0 rings (SSSR count). The van der Waals surface area contributed by atoms with Gasteiger partial charge in [-0.05, 0) is 6.58 Å². The van der Waals surface area contributed by atoms with Crippen molar-refractivity contribution in [3.05, 3.63) is 25.3 Å². The lowest BCUT2D eigenvalue weighted by atomic mass is 10.3. The van der Waals surface area contributed by atoms with Crippen molar-refractivity contribution in [1.82, 2.24) is 0 Å². The van der Waals surface area contributed by atoms with Crippen molar-refractivity contribution < 1.29 is 37.7 Å². The number of hydrogen-bond acceptors (Lipinski definition) is 5. The van der Waals surface area contributed by atoms with Crippen LogP contribution in [0.25, 0.3) is 0 Å². The van der Waals surface area contributed by atoms with E-state index in [1.54, 1.807) is 0 Å². The fraction of sp³-hybridized carbons (Fsp3) is 0.364. The Hall–Kier alpha value is -2.25. The molecule has 0 bridgehead atoms. The molecule has 0 aromatic carbocycles. The highest BCUT2D eigenvalue weighted by Gasteiger charge is 2.06. The van der Waals surface area contributed by atoms with E-state index in [-0.39, 0.29) is 26.1 Å². The van der Waals surface area contributed by atoms with Gasteiger partial charge in [0.1, 0.15) is 13.2 Å². The van der Waals surface area contributed by atoms with Crippen LogP contribution in [0.2, 0.25) is 0 Å². The van der Waals surface area contributed by atoms with Crippen LogP contribution in [0, 0.1) is 0 Å². The lowest BCUT2D eigenvalue weighted by molar-refractivity contribution is -0.151. The van der Waals surface area contributed by atoms with E-state index in [1.165, 1.54) is 0 Å². The molecule has 8 heteroatoms. The lowest BCUT2D eigenvalue weighted by Gasteiger charge is -2.03. The first-order chi connectivity index (χ1) is 8.79. The largest absolute Gasteiger partial charge is 0.481 e. The molecule has 0 fully saturated rings. The van der Waals surface area contributed by atoms with Crippen molar-refractivity contribution in [2.24, 2.45) is 0 Å². The molecule has 0 saturated carbocycles. The van der Waals surface area contributed by atoms with Gasteiger partial charge in [0.2, 0.25) is 0 Å². The van der Waals surface area contributed by atoms with E-state index in [1.807, 2.05) is 0 Å². The molecule has 0 aliphatic heterocycles. The van der Waals surface area contributed by atoms with Crippen molar-refractivity contribution in [3.8, 4) is 0 Å². The minimum absolute atomic E-state index is 0.0658. The molecular formula is C11H14F2O6. The van der Waals surface area contributed by atoms with Gasteiger partial charge in [-0.25, -0.2) is 4.79 Å². The van der Waals surface area contributed by atoms with Crippen LogP contribution in [-0.4, -0.2) is 36.2 Å². The van der Waals surface area contributed by atoms with Crippen molar-refractivity contribution in [1.29, 1.82) is 0 Å². The van der Waals surface area contributed by atoms with Gasteiger partial charge in [0.15, 0.2) is 0 Å².